The Labute approximate surface area is 88.6 Å². The van der Waals surface area contributed by atoms with E-state index in [1.165, 1.54) is 20.2 Å². The summed E-state index contributed by atoms with van der Waals surface area (Å²) >= 11 is 7.34. The fourth-order valence-corrected chi connectivity index (χ4v) is 0. The molecule has 0 radical (unpaired) electrons. The first-order chi connectivity index (χ1) is 2.73. The number of aliphatic hydroxyl groups is 1. The Morgan fingerprint density at radius 3 is 1.33 bits per heavy atom. The number of hydrogen-bond acceptors (Lipinski definition) is 1. The molecule has 0 aliphatic carbocycles. The van der Waals surface area contributed by atoms with E-state index in [4.69, 9.17) is 5.11 Å². The van der Waals surface area contributed by atoms with Crippen molar-refractivity contribution >= 4 is 63.3 Å². The molecule has 6 heavy (non-hydrogen) atoms. The molecule has 0 fully saturated rings. The van der Waals surface area contributed by atoms with Crippen molar-refractivity contribution in [3.63, 3.8) is 0 Å². The van der Waals surface area contributed by atoms with E-state index < -0.39 is 0 Å². The van der Waals surface area contributed by atoms with E-state index in [0.29, 0.717) is 0 Å². The molecular formula is CH2HfI3O. The van der Waals surface area contributed by atoms with Crippen LogP contribution in [-0.2, 0) is 20.2 Å². The molecule has 0 atom stereocenters. The molecule has 0 aromatic rings. The van der Waals surface area contributed by atoms with Gasteiger partial charge >= 0.3 is 38.4 Å². The summed E-state index contributed by atoms with van der Waals surface area (Å²) < 4.78 is -0.227. The second-order valence-corrected chi connectivity index (χ2v) is 5.02. The molecule has 1 N–H and O–H groups in total. The molecule has 1 nitrogen and oxygen atoms in total. The molecule has 37 valence electrons. The molecule has 5 heteroatoms. The van der Waals surface area contributed by atoms with Gasteiger partial charge in [0.1, 0.15) is 0 Å². The summed E-state index contributed by atoms with van der Waals surface area (Å²) in [7, 11) is 0. The van der Waals surface area contributed by atoms with Crippen molar-refractivity contribution in [2.24, 2.45) is 0 Å². The van der Waals surface area contributed by atoms with Gasteiger partial charge in [0, 0.05) is 0 Å². The third-order valence-electron chi connectivity index (χ3n) is 0. The SMILES string of the molecule is OC(I)I.[I][Hf]. The van der Waals surface area contributed by atoms with Gasteiger partial charge in [0.05, 0.1) is 0 Å². The van der Waals surface area contributed by atoms with E-state index in [-0.39, 0.29) is 2.12 Å². The van der Waals surface area contributed by atoms with E-state index in [0.717, 1.165) is 0 Å². The molecule has 0 saturated heterocycles. The maximum atomic E-state index is 8.03. The normalized spacial score (nSPS) is 6.67. The Kier molecular flexibility index (Phi) is 21.4. The molecule has 0 aliphatic rings. The molecule has 0 amide bonds. The fourth-order valence-electron chi connectivity index (χ4n) is 0. The Morgan fingerprint density at radius 1 is 1.33 bits per heavy atom. The van der Waals surface area contributed by atoms with E-state index >= 15 is 0 Å². The van der Waals surface area contributed by atoms with Crippen molar-refractivity contribution in [2.75, 3.05) is 0 Å². The Balaban J connectivity index is 0. The molecule has 0 aromatic carbocycles. The van der Waals surface area contributed by atoms with Crippen LogP contribution in [0.25, 0.3) is 0 Å². The summed E-state index contributed by atoms with van der Waals surface area (Å²) in [6.07, 6.45) is 0. The van der Waals surface area contributed by atoms with Crippen molar-refractivity contribution in [3.8, 4) is 0 Å². The van der Waals surface area contributed by atoms with Crippen LogP contribution in [0.2, 0.25) is 0 Å². The average molecular weight is 589 g/mol. The van der Waals surface area contributed by atoms with Gasteiger partial charge < -0.3 is 5.11 Å². The predicted octanol–water partition coefficient (Wildman–Crippen LogP) is 2.02. The van der Waals surface area contributed by atoms with Crippen LogP contribution in [0.4, 0.5) is 0 Å². The Bertz CT molecular complexity index is 15.5. The Hall–Kier alpha value is 3.02. The summed E-state index contributed by atoms with van der Waals surface area (Å²) in [5.41, 5.74) is 0. The quantitative estimate of drug-likeness (QED) is 0.261. The zero-order valence-corrected chi connectivity index (χ0v) is 12.7. The van der Waals surface area contributed by atoms with Gasteiger partial charge in [-0.15, -0.1) is 0 Å². The molecule has 0 heterocycles. The van der Waals surface area contributed by atoms with Gasteiger partial charge in [0.25, 0.3) is 0 Å². The number of hydrogen-bond donors (Lipinski definition) is 1. The zero-order chi connectivity index (χ0) is 5.58. The summed E-state index contributed by atoms with van der Waals surface area (Å²) in [6, 6.07) is 0. The molecular weight excluding hydrogens is 587 g/mol. The summed E-state index contributed by atoms with van der Waals surface area (Å²) in [4.78, 5) is 0. The minimum absolute atomic E-state index is 0.227. The van der Waals surface area contributed by atoms with Crippen molar-refractivity contribution < 1.29 is 25.3 Å². The van der Waals surface area contributed by atoms with Crippen LogP contribution >= 0.6 is 63.3 Å². The van der Waals surface area contributed by atoms with Gasteiger partial charge in [-0.05, 0) is 45.2 Å². The van der Waals surface area contributed by atoms with Gasteiger partial charge in [-0.2, -0.15) is 0 Å². The molecule has 0 spiro atoms. The summed E-state index contributed by atoms with van der Waals surface area (Å²) in [6.45, 7) is 0. The van der Waals surface area contributed by atoms with Crippen LogP contribution in [0.3, 0.4) is 0 Å². The summed E-state index contributed by atoms with van der Waals surface area (Å²) in [5, 5.41) is 8.03. The Morgan fingerprint density at radius 2 is 1.33 bits per heavy atom. The van der Waals surface area contributed by atoms with E-state index in [2.05, 4.69) is 18.1 Å². The first-order valence-electron chi connectivity index (χ1n) is 0.884. The monoisotopic (exact) mass is 591 g/mol. The molecule has 0 aromatic heterocycles. The molecule has 0 aliphatic heterocycles. The van der Waals surface area contributed by atoms with Gasteiger partial charge in [0.15, 0.2) is 2.12 Å². The molecule has 0 rings (SSSR count). The molecule has 0 bridgehead atoms. The van der Waals surface area contributed by atoms with Gasteiger partial charge in [0.2, 0.25) is 0 Å². The van der Waals surface area contributed by atoms with Crippen molar-refractivity contribution in [1.29, 1.82) is 0 Å². The van der Waals surface area contributed by atoms with E-state index in [1.54, 1.807) is 0 Å². The fraction of sp³-hybridized carbons (Fsp3) is 1.00. The zero-order valence-electron chi connectivity index (χ0n) is 2.66. The number of rotatable bonds is 0. The average Bonchev–Trinajstić information content (AvgIpc) is 1.41. The third-order valence-corrected chi connectivity index (χ3v) is 0. The van der Waals surface area contributed by atoms with Gasteiger partial charge in [-0.1, -0.05) is 0 Å². The second kappa shape index (κ2) is 10.9. The van der Waals surface area contributed by atoms with Crippen molar-refractivity contribution in [3.05, 3.63) is 0 Å². The maximum absolute atomic E-state index is 8.03. The van der Waals surface area contributed by atoms with Crippen LogP contribution < -0.4 is 0 Å². The van der Waals surface area contributed by atoms with Gasteiger partial charge in [-0.3, -0.25) is 0 Å². The van der Waals surface area contributed by atoms with Crippen LogP contribution in [0.15, 0.2) is 0 Å². The first-order valence-corrected chi connectivity index (χ1v) is 13.6. The molecule has 0 saturated carbocycles. The van der Waals surface area contributed by atoms with Crippen LogP contribution in [0.1, 0.15) is 0 Å². The predicted molar refractivity (Wildman–Crippen MR) is 48.1 cm³/mol. The number of aliphatic hydroxyl groups excluding tert-OH is 1. The topological polar surface area (TPSA) is 20.2 Å². The summed E-state index contributed by atoms with van der Waals surface area (Å²) in [5.74, 6) is 0. The first kappa shape index (κ1) is 11.8. The van der Waals surface area contributed by atoms with Gasteiger partial charge in [-0.25, -0.2) is 0 Å². The van der Waals surface area contributed by atoms with Crippen LogP contribution in [-0.4, -0.2) is 7.22 Å². The minimum atomic E-state index is -0.227. The molecule has 0 unspecified atom stereocenters. The number of halogens is 3. The standard InChI is InChI=1S/CH2I2O.Hf.HI/c2-1(3)4;;/h1,4H;;1H/q;+1;/p-1. The van der Waals surface area contributed by atoms with Crippen LogP contribution in [0.5, 0.6) is 0 Å². The second-order valence-electron chi connectivity index (χ2n) is 0.278. The van der Waals surface area contributed by atoms with E-state index in [1.807, 2.05) is 45.2 Å². The van der Waals surface area contributed by atoms with E-state index in [9.17, 15) is 0 Å². The van der Waals surface area contributed by atoms with Crippen LogP contribution in [0, 0.1) is 0 Å². The number of alkyl halides is 2. The van der Waals surface area contributed by atoms with Crippen molar-refractivity contribution in [1.82, 2.24) is 0 Å². The third kappa shape index (κ3) is 27.9. The van der Waals surface area contributed by atoms with Crippen molar-refractivity contribution in [2.45, 2.75) is 2.12 Å².